The summed E-state index contributed by atoms with van der Waals surface area (Å²) in [5.74, 6) is -0.352. The van der Waals surface area contributed by atoms with Crippen LogP contribution in [0.4, 0.5) is 0 Å². The minimum absolute atomic E-state index is 0.352. The quantitative estimate of drug-likeness (QED) is 0.525. The van der Waals surface area contributed by atoms with Crippen molar-refractivity contribution >= 4 is 12.0 Å². The highest BCUT2D eigenvalue weighted by molar-refractivity contribution is 5.89. The van der Waals surface area contributed by atoms with Crippen molar-refractivity contribution in [1.82, 2.24) is 0 Å². The van der Waals surface area contributed by atoms with E-state index in [0.29, 0.717) is 5.56 Å². The van der Waals surface area contributed by atoms with Gasteiger partial charge in [-0.2, -0.15) is 4.57 Å². The molecule has 0 aliphatic heterocycles. The van der Waals surface area contributed by atoms with E-state index in [4.69, 9.17) is 4.74 Å². The Morgan fingerprint density at radius 2 is 1.42 bits per heavy atom. The molecule has 0 aliphatic carbocycles. The van der Waals surface area contributed by atoms with Gasteiger partial charge >= 0.3 is 12.2 Å². The van der Waals surface area contributed by atoms with Crippen molar-refractivity contribution in [2.45, 2.75) is 6.23 Å². The predicted molar refractivity (Wildman–Crippen MR) is 93.0 cm³/mol. The lowest BCUT2D eigenvalue weighted by atomic mass is 10.2. The van der Waals surface area contributed by atoms with Gasteiger partial charge in [0, 0.05) is 18.2 Å². The Balaban J connectivity index is 1.83. The largest absolute Gasteiger partial charge is 0.395 e. The summed E-state index contributed by atoms with van der Waals surface area (Å²) < 4.78 is 7.53. The minimum atomic E-state index is -0.515. The van der Waals surface area contributed by atoms with Crippen molar-refractivity contribution < 1.29 is 14.1 Å². The third-order valence-electron chi connectivity index (χ3n) is 3.52. The fourth-order valence-electron chi connectivity index (χ4n) is 2.29. The molecule has 1 aromatic heterocycles. The van der Waals surface area contributed by atoms with Crippen molar-refractivity contribution in [2.75, 3.05) is 0 Å². The smallest absolute Gasteiger partial charge is 0.343 e. The molecule has 3 heteroatoms. The van der Waals surface area contributed by atoms with Gasteiger partial charge in [-0.3, -0.25) is 0 Å². The fourth-order valence-corrected chi connectivity index (χ4v) is 2.29. The lowest BCUT2D eigenvalue weighted by molar-refractivity contribution is -0.744. The number of rotatable bonds is 5. The SMILES string of the molecule is O=C(OC(/C=C/c1ccccc1)[n+]1ccccc1)c1ccccc1. The zero-order valence-electron chi connectivity index (χ0n) is 13.2. The molecule has 0 bridgehead atoms. The number of esters is 1. The average Bonchev–Trinajstić information content (AvgIpc) is 2.67. The van der Waals surface area contributed by atoms with Gasteiger partial charge in [0.1, 0.15) is 0 Å². The van der Waals surface area contributed by atoms with Gasteiger partial charge in [-0.25, -0.2) is 4.79 Å². The van der Waals surface area contributed by atoms with Crippen LogP contribution in [0.25, 0.3) is 6.08 Å². The Bertz CT molecular complexity index is 799. The summed E-state index contributed by atoms with van der Waals surface area (Å²) in [4.78, 5) is 12.4. The summed E-state index contributed by atoms with van der Waals surface area (Å²) in [5.41, 5.74) is 1.59. The van der Waals surface area contributed by atoms with Crippen LogP contribution in [-0.2, 0) is 4.74 Å². The molecule has 1 atom stereocenters. The molecule has 0 fully saturated rings. The molecule has 1 heterocycles. The van der Waals surface area contributed by atoms with Gasteiger partial charge in [0.2, 0.25) is 0 Å². The van der Waals surface area contributed by atoms with Crippen molar-refractivity contribution in [1.29, 1.82) is 0 Å². The summed E-state index contributed by atoms with van der Waals surface area (Å²) >= 11 is 0. The second-order valence-corrected chi connectivity index (χ2v) is 5.25. The Morgan fingerprint density at radius 1 is 0.833 bits per heavy atom. The van der Waals surface area contributed by atoms with Crippen LogP contribution < -0.4 is 4.57 Å². The third kappa shape index (κ3) is 4.17. The number of hydrogen-bond acceptors (Lipinski definition) is 2. The highest BCUT2D eigenvalue weighted by Crippen LogP contribution is 2.11. The highest BCUT2D eigenvalue weighted by Gasteiger charge is 2.20. The topological polar surface area (TPSA) is 30.2 Å². The maximum atomic E-state index is 12.4. The van der Waals surface area contributed by atoms with Crippen molar-refractivity contribution in [3.8, 4) is 0 Å². The Kier molecular flexibility index (Phi) is 5.15. The van der Waals surface area contributed by atoms with Crippen molar-refractivity contribution in [3.05, 3.63) is 108 Å². The summed E-state index contributed by atoms with van der Waals surface area (Å²) in [6.45, 7) is 0. The maximum absolute atomic E-state index is 12.4. The van der Waals surface area contributed by atoms with E-state index in [1.165, 1.54) is 0 Å². The van der Waals surface area contributed by atoms with Gasteiger partial charge in [-0.05, 0) is 23.8 Å². The first-order valence-corrected chi connectivity index (χ1v) is 7.78. The van der Waals surface area contributed by atoms with Gasteiger partial charge < -0.3 is 4.74 Å². The fraction of sp³-hybridized carbons (Fsp3) is 0.0476. The standard InChI is InChI=1S/C21H18NO2/c23-21(19-12-6-2-7-13-19)24-20(22-16-8-3-9-17-22)15-14-18-10-4-1-5-11-18/h1-17,20H/q+1/b15-14+. The van der Waals surface area contributed by atoms with E-state index in [1.54, 1.807) is 12.1 Å². The molecule has 2 aromatic carbocycles. The van der Waals surface area contributed by atoms with Crippen molar-refractivity contribution in [2.24, 2.45) is 0 Å². The zero-order chi connectivity index (χ0) is 16.6. The van der Waals surface area contributed by atoms with Gasteiger partial charge in [-0.15, -0.1) is 0 Å². The third-order valence-corrected chi connectivity index (χ3v) is 3.52. The number of benzene rings is 2. The molecule has 0 saturated carbocycles. The first-order chi connectivity index (χ1) is 11.8. The Morgan fingerprint density at radius 3 is 2.08 bits per heavy atom. The lowest BCUT2D eigenvalue weighted by Crippen LogP contribution is -2.40. The molecule has 118 valence electrons. The van der Waals surface area contributed by atoms with Crippen LogP contribution in [-0.4, -0.2) is 5.97 Å². The lowest BCUT2D eigenvalue weighted by Gasteiger charge is -2.10. The summed E-state index contributed by atoms with van der Waals surface area (Å²) in [6, 6.07) is 24.7. The van der Waals surface area contributed by atoms with Crippen LogP contribution in [0.2, 0.25) is 0 Å². The van der Waals surface area contributed by atoms with Gasteiger partial charge in [0.05, 0.1) is 5.56 Å². The molecule has 24 heavy (non-hydrogen) atoms. The molecule has 3 aromatic rings. The molecule has 0 radical (unpaired) electrons. The minimum Gasteiger partial charge on any atom is -0.395 e. The second-order valence-electron chi connectivity index (χ2n) is 5.25. The van der Waals surface area contributed by atoms with Crippen LogP contribution >= 0.6 is 0 Å². The summed E-state index contributed by atoms with van der Waals surface area (Å²) in [5, 5.41) is 0. The number of pyridine rings is 1. The summed E-state index contributed by atoms with van der Waals surface area (Å²) in [6.07, 6.45) is 7.05. The molecule has 3 nitrogen and oxygen atoms in total. The van der Waals surface area contributed by atoms with E-state index >= 15 is 0 Å². The molecular weight excluding hydrogens is 298 g/mol. The van der Waals surface area contributed by atoms with Gasteiger partial charge in [-0.1, -0.05) is 54.6 Å². The number of ether oxygens (including phenoxy) is 1. The van der Waals surface area contributed by atoms with Crippen LogP contribution in [0.3, 0.4) is 0 Å². The Hall–Kier alpha value is -3.20. The van der Waals surface area contributed by atoms with E-state index in [9.17, 15) is 4.79 Å². The van der Waals surface area contributed by atoms with Crippen molar-refractivity contribution in [3.63, 3.8) is 0 Å². The number of hydrogen-bond donors (Lipinski definition) is 0. The van der Waals surface area contributed by atoms with E-state index in [0.717, 1.165) is 5.56 Å². The number of carbonyl (C=O) groups is 1. The normalized spacial score (nSPS) is 12.0. The first-order valence-electron chi connectivity index (χ1n) is 7.78. The van der Waals surface area contributed by atoms with Crippen LogP contribution in [0.1, 0.15) is 22.1 Å². The van der Waals surface area contributed by atoms with E-state index < -0.39 is 6.23 Å². The number of carbonyl (C=O) groups excluding carboxylic acids is 1. The summed E-state index contributed by atoms with van der Waals surface area (Å²) in [7, 11) is 0. The highest BCUT2D eigenvalue weighted by atomic mass is 16.6. The first kappa shape index (κ1) is 15.7. The van der Waals surface area contributed by atoms with E-state index in [-0.39, 0.29) is 5.97 Å². The molecule has 3 rings (SSSR count). The van der Waals surface area contributed by atoms with E-state index in [2.05, 4.69) is 0 Å². The monoisotopic (exact) mass is 316 g/mol. The van der Waals surface area contributed by atoms with Gasteiger partial charge in [0.25, 0.3) is 0 Å². The van der Waals surface area contributed by atoms with Crippen LogP contribution in [0, 0.1) is 0 Å². The Labute approximate surface area is 141 Å². The maximum Gasteiger partial charge on any atom is 0.343 e. The second kappa shape index (κ2) is 7.88. The number of nitrogens with zero attached hydrogens (tertiary/aromatic N) is 1. The zero-order valence-corrected chi connectivity index (χ0v) is 13.2. The van der Waals surface area contributed by atoms with E-state index in [1.807, 2.05) is 95.8 Å². The van der Waals surface area contributed by atoms with Crippen LogP contribution in [0.15, 0.2) is 97.3 Å². The molecule has 0 spiro atoms. The molecular formula is C21H18NO2+. The van der Waals surface area contributed by atoms with Crippen LogP contribution in [0.5, 0.6) is 0 Å². The molecule has 0 N–H and O–H groups in total. The molecule has 0 amide bonds. The van der Waals surface area contributed by atoms with Gasteiger partial charge in [0.15, 0.2) is 12.4 Å². The molecule has 0 aliphatic rings. The molecule has 1 unspecified atom stereocenters. The average molecular weight is 316 g/mol. The predicted octanol–water partition coefficient (Wildman–Crippen LogP) is 4.04. The number of aromatic nitrogens is 1. The molecule has 0 saturated heterocycles.